The molecule has 0 unspecified atom stereocenters. The van der Waals surface area contributed by atoms with Crippen LogP contribution in [-0.2, 0) is 0 Å². The third-order valence-electron chi connectivity index (χ3n) is 8.13. The van der Waals surface area contributed by atoms with Gasteiger partial charge in [0.2, 0.25) is 0 Å². The Balaban J connectivity index is 1.12. The molecule has 3 aliphatic heterocycles. The lowest BCUT2D eigenvalue weighted by Gasteiger charge is -2.43. The summed E-state index contributed by atoms with van der Waals surface area (Å²) in [7, 11) is 2.26. The van der Waals surface area contributed by atoms with Crippen molar-refractivity contribution in [2.24, 2.45) is 11.3 Å². The molecule has 0 aromatic rings. The molecule has 4 nitrogen and oxygen atoms in total. The number of hydrogen-bond acceptors (Lipinski definition) is 4. The molecule has 0 atom stereocenters. The summed E-state index contributed by atoms with van der Waals surface area (Å²) in [6.07, 6.45) is 11.5. The lowest BCUT2D eigenvalue weighted by molar-refractivity contribution is 0.0562. The molecular weight excluding hydrogens is 332 g/mol. The zero-order valence-electron chi connectivity index (χ0n) is 18.2. The van der Waals surface area contributed by atoms with Crippen molar-refractivity contribution in [2.45, 2.75) is 64.3 Å². The maximum absolute atomic E-state index is 2.80. The van der Waals surface area contributed by atoms with Crippen LogP contribution in [0.5, 0.6) is 0 Å². The molecule has 0 spiro atoms. The van der Waals surface area contributed by atoms with Crippen molar-refractivity contribution in [1.29, 1.82) is 0 Å². The minimum atomic E-state index is 0.743. The summed E-state index contributed by atoms with van der Waals surface area (Å²) in [6, 6.07) is 0.866. The standard InChI is InChI=1S/C23H44N4/c1-3-8-23(9-10-23)20-26-11-4-21(5-12-26)19-25-13-6-22(7-14-25)27-17-15-24(2)16-18-27/h21-22H,3-20H2,1-2H3. The molecule has 4 fully saturated rings. The number of likely N-dealkylation sites (tertiary alicyclic amines) is 2. The van der Waals surface area contributed by atoms with E-state index in [9.17, 15) is 0 Å². The summed E-state index contributed by atoms with van der Waals surface area (Å²) in [4.78, 5) is 10.9. The number of piperazine rings is 1. The van der Waals surface area contributed by atoms with Crippen LogP contribution < -0.4 is 0 Å². The number of piperidine rings is 2. The van der Waals surface area contributed by atoms with Gasteiger partial charge in [-0.15, -0.1) is 0 Å². The Bertz CT molecular complexity index is 439. The first-order valence-electron chi connectivity index (χ1n) is 12.0. The second-order valence-electron chi connectivity index (χ2n) is 10.3. The number of rotatable bonds is 7. The van der Waals surface area contributed by atoms with E-state index in [1.165, 1.54) is 117 Å². The average molecular weight is 377 g/mol. The molecular formula is C23H44N4. The van der Waals surface area contributed by atoms with E-state index in [0.29, 0.717) is 0 Å². The van der Waals surface area contributed by atoms with Crippen molar-refractivity contribution in [2.75, 3.05) is 72.5 Å². The Morgan fingerprint density at radius 1 is 0.778 bits per heavy atom. The zero-order valence-corrected chi connectivity index (χ0v) is 18.2. The fourth-order valence-electron chi connectivity index (χ4n) is 6.02. The van der Waals surface area contributed by atoms with Crippen LogP contribution in [0.4, 0.5) is 0 Å². The fourth-order valence-corrected chi connectivity index (χ4v) is 6.02. The molecule has 0 amide bonds. The van der Waals surface area contributed by atoms with Gasteiger partial charge in [0.15, 0.2) is 0 Å². The summed E-state index contributed by atoms with van der Waals surface area (Å²) in [5.41, 5.74) is 0.743. The molecule has 0 aromatic heterocycles. The Kier molecular flexibility index (Phi) is 6.79. The third kappa shape index (κ3) is 5.46. The number of nitrogens with zero attached hydrogens (tertiary/aromatic N) is 4. The Morgan fingerprint density at radius 2 is 1.41 bits per heavy atom. The molecule has 4 rings (SSSR count). The van der Waals surface area contributed by atoms with Crippen LogP contribution in [0.3, 0.4) is 0 Å². The highest BCUT2D eigenvalue weighted by molar-refractivity contribution is 4.96. The molecule has 156 valence electrons. The van der Waals surface area contributed by atoms with E-state index in [2.05, 4.69) is 33.6 Å². The van der Waals surface area contributed by atoms with Crippen molar-refractivity contribution in [3.05, 3.63) is 0 Å². The predicted molar refractivity (Wildman–Crippen MR) is 114 cm³/mol. The third-order valence-corrected chi connectivity index (χ3v) is 8.13. The highest BCUT2D eigenvalue weighted by atomic mass is 15.3. The van der Waals surface area contributed by atoms with Crippen LogP contribution in [0.25, 0.3) is 0 Å². The van der Waals surface area contributed by atoms with Gasteiger partial charge in [0.25, 0.3) is 0 Å². The molecule has 0 bridgehead atoms. The van der Waals surface area contributed by atoms with Gasteiger partial charge in [0.05, 0.1) is 0 Å². The van der Waals surface area contributed by atoms with Crippen molar-refractivity contribution in [3.8, 4) is 0 Å². The van der Waals surface area contributed by atoms with Gasteiger partial charge in [0, 0.05) is 45.3 Å². The zero-order chi connectivity index (χ0) is 18.7. The van der Waals surface area contributed by atoms with Gasteiger partial charge in [0.1, 0.15) is 0 Å². The van der Waals surface area contributed by atoms with Crippen molar-refractivity contribution in [3.63, 3.8) is 0 Å². The van der Waals surface area contributed by atoms with Gasteiger partial charge in [-0.25, -0.2) is 0 Å². The van der Waals surface area contributed by atoms with E-state index >= 15 is 0 Å². The van der Waals surface area contributed by atoms with Crippen molar-refractivity contribution < 1.29 is 0 Å². The molecule has 0 N–H and O–H groups in total. The first-order chi connectivity index (χ1) is 13.2. The molecule has 3 saturated heterocycles. The van der Waals surface area contributed by atoms with Gasteiger partial charge in [-0.2, -0.15) is 0 Å². The first-order valence-corrected chi connectivity index (χ1v) is 12.0. The van der Waals surface area contributed by atoms with E-state index in [1.807, 2.05) is 0 Å². The minimum absolute atomic E-state index is 0.743. The predicted octanol–water partition coefficient (Wildman–Crippen LogP) is 2.99. The van der Waals surface area contributed by atoms with Gasteiger partial charge < -0.3 is 14.7 Å². The lowest BCUT2D eigenvalue weighted by Crippen LogP contribution is -2.52. The Morgan fingerprint density at radius 3 is 2.00 bits per heavy atom. The first kappa shape index (κ1) is 20.1. The maximum atomic E-state index is 2.80. The summed E-state index contributed by atoms with van der Waals surface area (Å²) in [5, 5.41) is 0. The van der Waals surface area contributed by atoms with E-state index < -0.39 is 0 Å². The Labute approximate surface area is 168 Å². The smallest absolute Gasteiger partial charge is 0.0121 e. The Hall–Kier alpha value is -0.160. The molecule has 1 saturated carbocycles. The number of likely N-dealkylation sites (N-methyl/N-ethyl adjacent to an activating group) is 1. The summed E-state index contributed by atoms with van der Waals surface area (Å²) < 4.78 is 0. The minimum Gasteiger partial charge on any atom is -0.304 e. The van der Waals surface area contributed by atoms with E-state index in [4.69, 9.17) is 0 Å². The number of hydrogen-bond donors (Lipinski definition) is 0. The molecule has 4 aliphatic rings. The molecule has 0 aromatic carbocycles. The van der Waals surface area contributed by atoms with Crippen LogP contribution in [0, 0.1) is 11.3 Å². The quantitative estimate of drug-likeness (QED) is 0.677. The van der Waals surface area contributed by atoms with E-state index in [-0.39, 0.29) is 0 Å². The molecule has 27 heavy (non-hydrogen) atoms. The van der Waals surface area contributed by atoms with Crippen LogP contribution in [0.2, 0.25) is 0 Å². The largest absolute Gasteiger partial charge is 0.304 e. The highest BCUT2D eigenvalue weighted by Crippen LogP contribution is 2.50. The lowest BCUT2D eigenvalue weighted by atomic mass is 9.92. The average Bonchev–Trinajstić information content (AvgIpc) is 3.44. The van der Waals surface area contributed by atoms with E-state index in [0.717, 1.165) is 17.4 Å². The summed E-state index contributed by atoms with van der Waals surface area (Å²) in [6.45, 7) is 15.7. The van der Waals surface area contributed by atoms with Crippen LogP contribution in [-0.4, -0.2) is 98.1 Å². The second-order valence-corrected chi connectivity index (χ2v) is 10.3. The molecule has 0 radical (unpaired) electrons. The summed E-state index contributed by atoms with van der Waals surface area (Å²) >= 11 is 0. The van der Waals surface area contributed by atoms with Gasteiger partial charge >= 0.3 is 0 Å². The second kappa shape index (κ2) is 9.11. The highest BCUT2D eigenvalue weighted by Gasteiger charge is 2.43. The topological polar surface area (TPSA) is 13.0 Å². The maximum Gasteiger partial charge on any atom is 0.0121 e. The normalized spacial score (nSPS) is 30.0. The van der Waals surface area contributed by atoms with Gasteiger partial charge in [-0.3, -0.25) is 4.90 Å². The summed E-state index contributed by atoms with van der Waals surface area (Å²) in [5.74, 6) is 0.961. The monoisotopic (exact) mass is 376 g/mol. The van der Waals surface area contributed by atoms with Crippen LogP contribution >= 0.6 is 0 Å². The van der Waals surface area contributed by atoms with Gasteiger partial charge in [-0.05, 0) is 89.5 Å². The molecule has 4 heteroatoms. The fraction of sp³-hybridized carbons (Fsp3) is 1.00. The SMILES string of the molecule is CCCC1(CN2CCC(CN3CCC(N4CCN(C)CC4)CC3)CC2)CC1. The molecule has 1 aliphatic carbocycles. The van der Waals surface area contributed by atoms with Crippen LogP contribution in [0.1, 0.15) is 58.3 Å². The molecule has 3 heterocycles. The van der Waals surface area contributed by atoms with Crippen molar-refractivity contribution >= 4 is 0 Å². The van der Waals surface area contributed by atoms with Crippen molar-refractivity contribution in [1.82, 2.24) is 19.6 Å². The van der Waals surface area contributed by atoms with Crippen LogP contribution in [0.15, 0.2) is 0 Å². The van der Waals surface area contributed by atoms with E-state index in [1.54, 1.807) is 0 Å². The van der Waals surface area contributed by atoms with Gasteiger partial charge in [-0.1, -0.05) is 13.3 Å².